The van der Waals surface area contributed by atoms with E-state index in [4.69, 9.17) is 4.74 Å². The Morgan fingerprint density at radius 2 is 2.00 bits per heavy atom. The van der Waals surface area contributed by atoms with Gasteiger partial charge in [0.15, 0.2) is 0 Å². The lowest BCUT2D eigenvalue weighted by Crippen LogP contribution is -2.58. The number of aromatic nitrogens is 2. The number of morpholine rings is 1. The molecule has 3 atom stereocenters. The van der Waals surface area contributed by atoms with Crippen LogP contribution < -0.4 is 9.62 Å². The first-order valence-corrected chi connectivity index (χ1v) is 10.5. The van der Waals surface area contributed by atoms with Crippen LogP contribution in [0.25, 0.3) is 0 Å². The van der Waals surface area contributed by atoms with Crippen molar-refractivity contribution in [2.75, 3.05) is 24.5 Å². The lowest BCUT2D eigenvalue weighted by atomic mass is 10.1. The molecule has 10 heteroatoms. The predicted molar refractivity (Wildman–Crippen MR) is 96.9 cm³/mol. The molecule has 1 amide bonds. The number of aryl methyl sites for hydroxylation is 1. The van der Waals surface area contributed by atoms with Crippen LogP contribution in [0.4, 0.5) is 5.82 Å². The van der Waals surface area contributed by atoms with Crippen molar-refractivity contribution in [1.29, 1.82) is 0 Å². The number of amides is 1. The van der Waals surface area contributed by atoms with E-state index in [9.17, 15) is 13.2 Å². The van der Waals surface area contributed by atoms with Gasteiger partial charge in [0.05, 0.1) is 18.4 Å². The second-order valence-corrected chi connectivity index (χ2v) is 8.59. The second-order valence-electron chi connectivity index (χ2n) is 6.89. The van der Waals surface area contributed by atoms with E-state index in [1.807, 2.05) is 20.8 Å². The Hall–Kier alpha value is -1.49. The number of ether oxygens (including phenoxy) is 1. The van der Waals surface area contributed by atoms with Gasteiger partial charge in [-0.05, 0) is 33.6 Å². The van der Waals surface area contributed by atoms with Gasteiger partial charge in [0.1, 0.15) is 11.9 Å². The molecule has 3 rings (SSSR count). The highest BCUT2D eigenvalue weighted by atomic mass is 32.2. The fourth-order valence-corrected chi connectivity index (χ4v) is 5.13. The molecule has 2 saturated heterocycles. The van der Waals surface area contributed by atoms with Crippen LogP contribution in [0.3, 0.4) is 0 Å². The fraction of sp³-hybridized carbons (Fsp3) is 0.750. The lowest BCUT2D eigenvalue weighted by Gasteiger charge is -2.37. The van der Waals surface area contributed by atoms with Gasteiger partial charge in [-0.15, -0.1) is 0 Å². The number of piperidine rings is 1. The summed E-state index contributed by atoms with van der Waals surface area (Å²) < 4.78 is 36.9. The van der Waals surface area contributed by atoms with Gasteiger partial charge in [0.2, 0.25) is 5.91 Å². The Balaban J connectivity index is 1.73. The predicted octanol–water partition coefficient (Wildman–Crippen LogP) is 0.342. The number of carbonyl (C=O) groups is 1. The van der Waals surface area contributed by atoms with Crippen molar-refractivity contribution < 1.29 is 17.9 Å². The minimum atomic E-state index is -3.76. The molecular formula is C16H27N5O4S. The number of nitrogens with one attached hydrogen (secondary N) is 1. The minimum absolute atomic E-state index is 0.173. The summed E-state index contributed by atoms with van der Waals surface area (Å²) in [7, 11) is -3.76. The van der Waals surface area contributed by atoms with Crippen LogP contribution in [0.15, 0.2) is 12.3 Å². The molecule has 0 radical (unpaired) electrons. The maximum atomic E-state index is 12.9. The number of hydrogen-bond acceptors (Lipinski definition) is 5. The fourth-order valence-electron chi connectivity index (χ4n) is 3.59. The third-order valence-electron chi connectivity index (χ3n) is 4.73. The van der Waals surface area contributed by atoms with E-state index in [-0.39, 0.29) is 31.2 Å². The monoisotopic (exact) mass is 385 g/mol. The SMILES string of the molecule is CCn1nccc1N1CCCC(NS(=O)(=O)N2CC(C)OC(C)C2)C1=O. The maximum Gasteiger partial charge on any atom is 0.280 e. The third kappa shape index (κ3) is 3.93. The van der Waals surface area contributed by atoms with Crippen LogP contribution in [0, 0.1) is 0 Å². The minimum Gasteiger partial charge on any atom is -0.373 e. The summed E-state index contributed by atoms with van der Waals surface area (Å²) in [5, 5.41) is 4.20. The smallest absolute Gasteiger partial charge is 0.280 e. The van der Waals surface area contributed by atoms with Crippen LogP contribution in [0.2, 0.25) is 0 Å². The standard InChI is InChI=1S/C16H27N5O4S/c1-4-21-15(7-8-17-21)20-9-5-6-14(16(20)22)18-26(23,24)19-10-12(2)25-13(3)11-19/h7-8,12-14,18H,4-6,9-11H2,1-3H3. The Kier molecular flexibility index (Phi) is 5.66. The molecule has 2 aliphatic rings. The Bertz CT molecular complexity index is 740. The van der Waals surface area contributed by atoms with Crippen molar-refractivity contribution in [2.45, 2.75) is 58.4 Å². The number of nitrogens with zero attached hydrogens (tertiary/aromatic N) is 4. The van der Waals surface area contributed by atoms with Crippen molar-refractivity contribution in [1.82, 2.24) is 18.8 Å². The third-order valence-corrected chi connectivity index (χ3v) is 6.29. The van der Waals surface area contributed by atoms with Crippen LogP contribution in [0.5, 0.6) is 0 Å². The first kappa shape index (κ1) is 19.3. The van der Waals surface area contributed by atoms with Gasteiger partial charge in [0, 0.05) is 32.2 Å². The van der Waals surface area contributed by atoms with Crippen LogP contribution in [-0.4, -0.2) is 66.3 Å². The highest BCUT2D eigenvalue weighted by molar-refractivity contribution is 7.87. The zero-order chi connectivity index (χ0) is 18.9. The van der Waals surface area contributed by atoms with Crippen LogP contribution in [-0.2, 0) is 26.3 Å². The van der Waals surface area contributed by atoms with Crippen molar-refractivity contribution in [3.8, 4) is 0 Å². The summed E-state index contributed by atoms with van der Waals surface area (Å²) in [4.78, 5) is 14.5. The van der Waals surface area contributed by atoms with E-state index in [0.29, 0.717) is 25.3 Å². The zero-order valence-corrected chi connectivity index (χ0v) is 16.3. The second kappa shape index (κ2) is 7.63. The number of anilines is 1. The molecule has 146 valence electrons. The Morgan fingerprint density at radius 3 is 2.65 bits per heavy atom. The van der Waals surface area contributed by atoms with Gasteiger partial charge in [-0.2, -0.15) is 22.5 Å². The molecule has 1 aromatic rings. The van der Waals surface area contributed by atoms with Crippen molar-refractivity contribution in [3.05, 3.63) is 12.3 Å². The van der Waals surface area contributed by atoms with E-state index < -0.39 is 16.3 Å². The van der Waals surface area contributed by atoms with E-state index in [1.54, 1.807) is 21.8 Å². The molecule has 26 heavy (non-hydrogen) atoms. The molecule has 2 fully saturated rings. The van der Waals surface area contributed by atoms with Gasteiger partial charge in [-0.3, -0.25) is 9.69 Å². The Morgan fingerprint density at radius 1 is 1.31 bits per heavy atom. The quantitative estimate of drug-likeness (QED) is 0.788. The highest BCUT2D eigenvalue weighted by Crippen LogP contribution is 2.22. The first-order chi connectivity index (χ1) is 12.3. The molecule has 0 aliphatic carbocycles. The van der Waals surface area contributed by atoms with Gasteiger partial charge in [-0.25, -0.2) is 4.68 Å². The molecule has 0 saturated carbocycles. The van der Waals surface area contributed by atoms with E-state index in [2.05, 4.69) is 9.82 Å². The average molecular weight is 385 g/mol. The molecule has 0 aromatic carbocycles. The van der Waals surface area contributed by atoms with Gasteiger partial charge < -0.3 is 4.74 Å². The maximum absolute atomic E-state index is 12.9. The van der Waals surface area contributed by atoms with Gasteiger partial charge in [0.25, 0.3) is 10.2 Å². The largest absolute Gasteiger partial charge is 0.373 e. The molecule has 2 aliphatic heterocycles. The summed E-state index contributed by atoms with van der Waals surface area (Å²) in [6.07, 6.45) is 2.52. The molecular weight excluding hydrogens is 358 g/mol. The molecule has 0 spiro atoms. The Labute approximate surface area is 154 Å². The van der Waals surface area contributed by atoms with Crippen molar-refractivity contribution >= 4 is 21.9 Å². The first-order valence-electron chi connectivity index (χ1n) is 9.08. The topological polar surface area (TPSA) is 96.8 Å². The molecule has 1 aromatic heterocycles. The van der Waals surface area contributed by atoms with Crippen LogP contribution >= 0.6 is 0 Å². The summed E-state index contributed by atoms with van der Waals surface area (Å²) in [5.74, 6) is 0.472. The lowest BCUT2D eigenvalue weighted by molar-refractivity contribution is -0.121. The van der Waals surface area contributed by atoms with Crippen molar-refractivity contribution in [3.63, 3.8) is 0 Å². The molecule has 0 bridgehead atoms. The van der Waals surface area contributed by atoms with Gasteiger partial charge in [-0.1, -0.05) is 0 Å². The number of carbonyl (C=O) groups excluding carboxylic acids is 1. The van der Waals surface area contributed by atoms with Gasteiger partial charge >= 0.3 is 0 Å². The average Bonchev–Trinajstić information content (AvgIpc) is 3.04. The normalized spacial score (nSPS) is 28.5. The van der Waals surface area contributed by atoms with Crippen molar-refractivity contribution in [2.24, 2.45) is 0 Å². The molecule has 3 heterocycles. The summed E-state index contributed by atoms with van der Waals surface area (Å²) >= 11 is 0. The molecule has 1 N–H and O–H groups in total. The highest BCUT2D eigenvalue weighted by Gasteiger charge is 2.37. The summed E-state index contributed by atoms with van der Waals surface area (Å²) in [6.45, 7) is 7.42. The molecule has 3 unspecified atom stereocenters. The zero-order valence-electron chi connectivity index (χ0n) is 15.5. The summed E-state index contributed by atoms with van der Waals surface area (Å²) in [5.41, 5.74) is 0. The van der Waals surface area contributed by atoms with E-state index in [1.165, 1.54) is 4.31 Å². The van der Waals surface area contributed by atoms with E-state index >= 15 is 0 Å². The number of rotatable bonds is 5. The van der Waals surface area contributed by atoms with Crippen LogP contribution in [0.1, 0.15) is 33.6 Å². The number of hydrogen-bond donors (Lipinski definition) is 1. The molecule has 9 nitrogen and oxygen atoms in total. The summed E-state index contributed by atoms with van der Waals surface area (Å²) in [6, 6.07) is 1.02. The van der Waals surface area contributed by atoms with E-state index in [0.717, 1.165) is 6.42 Å².